The van der Waals surface area contributed by atoms with Gasteiger partial charge in [-0.2, -0.15) is 0 Å². The van der Waals surface area contributed by atoms with Crippen molar-refractivity contribution >= 4 is 37.8 Å². The van der Waals surface area contributed by atoms with Gasteiger partial charge in [-0.3, -0.25) is 4.79 Å². The molecule has 0 aromatic heterocycles. The van der Waals surface area contributed by atoms with Crippen LogP contribution in [0.2, 0.25) is 0 Å². The molecule has 0 bridgehead atoms. The molecular weight excluding hydrogens is 382 g/mol. The first-order valence-corrected chi connectivity index (χ1v) is 9.13. The summed E-state index contributed by atoms with van der Waals surface area (Å²) in [6, 6.07) is 5.84. The maximum atomic E-state index is 12.3. The third-order valence-corrected chi connectivity index (χ3v) is 5.65. The van der Waals surface area contributed by atoms with Crippen LogP contribution in [0.25, 0.3) is 0 Å². The Bertz CT molecular complexity index is 476. The van der Waals surface area contributed by atoms with Crippen LogP contribution in [0.5, 0.6) is 0 Å². The molecule has 1 saturated carbocycles. The van der Waals surface area contributed by atoms with Crippen molar-refractivity contribution in [1.82, 2.24) is 5.32 Å². The Morgan fingerprint density at radius 3 is 2.65 bits per heavy atom. The first-order valence-electron chi connectivity index (χ1n) is 7.22. The number of aryl methyl sites for hydroxylation is 1. The van der Waals surface area contributed by atoms with Crippen LogP contribution in [0.3, 0.4) is 0 Å². The molecule has 0 radical (unpaired) electrons. The topological polar surface area (TPSA) is 29.1 Å². The van der Waals surface area contributed by atoms with Gasteiger partial charge in [-0.1, -0.05) is 34.8 Å². The lowest BCUT2D eigenvalue weighted by Gasteiger charge is -2.30. The zero-order valence-electron chi connectivity index (χ0n) is 11.8. The number of nitrogens with one attached hydrogen (secondary N) is 1. The van der Waals surface area contributed by atoms with Crippen LogP contribution in [0.4, 0.5) is 0 Å². The number of halogens is 2. The van der Waals surface area contributed by atoms with Crippen LogP contribution < -0.4 is 5.32 Å². The number of hydrogen-bond donors (Lipinski definition) is 1. The molecule has 110 valence electrons. The summed E-state index contributed by atoms with van der Waals surface area (Å²) in [6.07, 6.45) is 5.12. The molecule has 1 aliphatic carbocycles. The van der Waals surface area contributed by atoms with Gasteiger partial charge in [-0.25, -0.2) is 0 Å². The standard InChI is InChI=1S/C16H21Br2NO/c1-11-6-7-14(15(18)8-11)16(20)19-10-13-5-3-2-4-12(13)9-17/h6-8,12-13H,2-5,9-10H2,1H3,(H,19,20). The largest absolute Gasteiger partial charge is 0.352 e. The molecule has 0 saturated heterocycles. The van der Waals surface area contributed by atoms with Gasteiger partial charge in [0, 0.05) is 16.3 Å². The fraction of sp³-hybridized carbons (Fsp3) is 0.562. The van der Waals surface area contributed by atoms with Crippen LogP contribution in [0, 0.1) is 18.8 Å². The summed E-state index contributed by atoms with van der Waals surface area (Å²) in [4.78, 5) is 12.3. The summed E-state index contributed by atoms with van der Waals surface area (Å²) < 4.78 is 0.871. The molecule has 4 heteroatoms. The Morgan fingerprint density at radius 2 is 2.00 bits per heavy atom. The Kier molecular flexibility index (Phi) is 6.09. The molecule has 1 aromatic carbocycles. The minimum absolute atomic E-state index is 0.0239. The van der Waals surface area contributed by atoms with Crippen molar-refractivity contribution in [3.05, 3.63) is 33.8 Å². The van der Waals surface area contributed by atoms with E-state index in [1.807, 2.05) is 25.1 Å². The first kappa shape index (κ1) is 16.0. The van der Waals surface area contributed by atoms with Crippen molar-refractivity contribution in [2.24, 2.45) is 11.8 Å². The van der Waals surface area contributed by atoms with E-state index in [1.54, 1.807) is 0 Å². The molecule has 1 amide bonds. The monoisotopic (exact) mass is 401 g/mol. The smallest absolute Gasteiger partial charge is 0.252 e. The molecule has 0 heterocycles. The van der Waals surface area contributed by atoms with Crippen molar-refractivity contribution in [2.75, 3.05) is 11.9 Å². The van der Waals surface area contributed by atoms with Crippen molar-refractivity contribution in [1.29, 1.82) is 0 Å². The summed E-state index contributed by atoms with van der Waals surface area (Å²) in [5.41, 5.74) is 1.88. The number of rotatable bonds is 4. The summed E-state index contributed by atoms with van der Waals surface area (Å²) in [5, 5.41) is 4.15. The predicted octanol–water partition coefficient (Wildman–Crippen LogP) is 4.69. The molecule has 2 unspecified atom stereocenters. The minimum Gasteiger partial charge on any atom is -0.352 e. The number of hydrogen-bond acceptors (Lipinski definition) is 1. The number of benzene rings is 1. The molecule has 1 aromatic rings. The van der Waals surface area contributed by atoms with E-state index in [4.69, 9.17) is 0 Å². The van der Waals surface area contributed by atoms with Crippen LogP contribution in [0.15, 0.2) is 22.7 Å². The highest BCUT2D eigenvalue weighted by Crippen LogP contribution is 2.31. The van der Waals surface area contributed by atoms with Crippen molar-refractivity contribution in [3.8, 4) is 0 Å². The molecule has 1 fully saturated rings. The van der Waals surface area contributed by atoms with Crippen molar-refractivity contribution in [2.45, 2.75) is 32.6 Å². The fourth-order valence-electron chi connectivity index (χ4n) is 2.88. The average molecular weight is 403 g/mol. The van der Waals surface area contributed by atoms with E-state index in [-0.39, 0.29) is 5.91 Å². The van der Waals surface area contributed by atoms with Gasteiger partial charge in [-0.15, -0.1) is 0 Å². The van der Waals surface area contributed by atoms with E-state index in [1.165, 1.54) is 25.7 Å². The highest BCUT2D eigenvalue weighted by molar-refractivity contribution is 9.10. The average Bonchev–Trinajstić information content (AvgIpc) is 2.45. The Balaban J connectivity index is 1.94. The Labute approximate surface area is 138 Å². The SMILES string of the molecule is Cc1ccc(C(=O)NCC2CCCCC2CBr)c(Br)c1. The number of alkyl halides is 1. The van der Waals surface area contributed by atoms with Crippen LogP contribution in [-0.2, 0) is 0 Å². The highest BCUT2D eigenvalue weighted by atomic mass is 79.9. The molecule has 1 aliphatic rings. The van der Waals surface area contributed by atoms with E-state index in [0.29, 0.717) is 11.8 Å². The first-order chi connectivity index (χ1) is 9.61. The van der Waals surface area contributed by atoms with Gasteiger partial charge in [-0.05, 0) is 65.2 Å². The van der Waals surface area contributed by atoms with E-state index >= 15 is 0 Å². The molecule has 2 atom stereocenters. The van der Waals surface area contributed by atoms with Crippen LogP contribution >= 0.6 is 31.9 Å². The zero-order valence-corrected chi connectivity index (χ0v) is 15.0. The summed E-state index contributed by atoms with van der Waals surface area (Å²) in [5.74, 6) is 1.33. The lowest BCUT2D eigenvalue weighted by molar-refractivity contribution is 0.0936. The van der Waals surface area contributed by atoms with Gasteiger partial charge in [0.2, 0.25) is 0 Å². The zero-order chi connectivity index (χ0) is 14.5. The van der Waals surface area contributed by atoms with Gasteiger partial charge >= 0.3 is 0 Å². The van der Waals surface area contributed by atoms with Crippen molar-refractivity contribution in [3.63, 3.8) is 0 Å². The molecular formula is C16H21Br2NO. The highest BCUT2D eigenvalue weighted by Gasteiger charge is 2.24. The van der Waals surface area contributed by atoms with E-state index in [9.17, 15) is 4.79 Å². The third-order valence-electron chi connectivity index (χ3n) is 4.16. The Hall–Kier alpha value is -0.350. The van der Waals surface area contributed by atoms with Gasteiger partial charge in [0.15, 0.2) is 0 Å². The lowest BCUT2D eigenvalue weighted by Crippen LogP contribution is -2.35. The van der Waals surface area contributed by atoms with E-state index in [0.717, 1.165) is 27.5 Å². The van der Waals surface area contributed by atoms with Crippen LogP contribution in [-0.4, -0.2) is 17.8 Å². The quantitative estimate of drug-likeness (QED) is 0.727. The summed E-state index contributed by atoms with van der Waals surface area (Å²) in [6.45, 7) is 2.81. The van der Waals surface area contributed by atoms with Gasteiger partial charge in [0.25, 0.3) is 5.91 Å². The lowest BCUT2D eigenvalue weighted by atomic mass is 9.80. The van der Waals surface area contributed by atoms with Gasteiger partial charge < -0.3 is 5.32 Å². The number of carbonyl (C=O) groups is 1. The molecule has 1 N–H and O–H groups in total. The Morgan fingerprint density at radius 1 is 1.30 bits per heavy atom. The second-order valence-corrected chi connectivity index (χ2v) is 7.15. The van der Waals surface area contributed by atoms with E-state index in [2.05, 4.69) is 37.2 Å². The molecule has 0 spiro atoms. The van der Waals surface area contributed by atoms with Gasteiger partial charge in [0.1, 0.15) is 0 Å². The van der Waals surface area contributed by atoms with Crippen LogP contribution in [0.1, 0.15) is 41.6 Å². The van der Waals surface area contributed by atoms with Crippen molar-refractivity contribution < 1.29 is 4.79 Å². The molecule has 2 rings (SSSR count). The fourth-order valence-corrected chi connectivity index (χ4v) is 4.41. The summed E-state index contributed by atoms with van der Waals surface area (Å²) >= 11 is 7.07. The third kappa shape index (κ3) is 4.08. The molecule has 20 heavy (non-hydrogen) atoms. The predicted molar refractivity (Wildman–Crippen MR) is 90.5 cm³/mol. The molecule has 2 nitrogen and oxygen atoms in total. The maximum absolute atomic E-state index is 12.3. The molecule has 0 aliphatic heterocycles. The maximum Gasteiger partial charge on any atom is 0.252 e. The van der Waals surface area contributed by atoms with Gasteiger partial charge in [0.05, 0.1) is 5.56 Å². The summed E-state index contributed by atoms with van der Waals surface area (Å²) in [7, 11) is 0. The van der Waals surface area contributed by atoms with E-state index < -0.39 is 0 Å². The number of carbonyl (C=O) groups excluding carboxylic acids is 1. The minimum atomic E-state index is 0.0239. The number of amides is 1. The normalized spacial score (nSPS) is 22.6. The second kappa shape index (κ2) is 7.60. The second-order valence-electron chi connectivity index (χ2n) is 5.65.